The highest BCUT2D eigenvalue weighted by Gasteiger charge is 2.19. The normalized spacial score (nSPS) is 14.5. The summed E-state index contributed by atoms with van der Waals surface area (Å²) in [6, 6.07) is 1.12. The van der Waals surface area contributed by atoms with Gasteiger partial charge in [-0.25, -0.2) is 9.18 Å². The van der Waals surface area contributed by atoms with Gasteiger partial charge in [0.05, 0.1) is 6.61 Å². The van der Waals surface area contributed by atoms with Crippen molar-refractivity contribution < 1.29 is 19.3 Å². The van der Waals surface area contributed by atoms with Gasteiger partial charge in [0.1, 0.15) is 25.6 Å². The fourth-order valence-corrected chi connectivity index (χ4v) is 1.11. The topological polar surface area (TPSA) is 105 Å². The van der Waals surface area contributed by atoms with Crippen LogP contribution in [0.4, 0.5) is 4.39 Å². The van der Waals surface area contributed by atoms with Crippen molar-refractivity contribution in [2.45, 2.75) is 18.9 Å². The zero-order valence-electron chi connectivity index (χ0n) is 8.88. The third-order valence-corrected chi connectivity index (χ3v) is 2.09. The quantitative estimate of drug-likeness (QED) is 0.551. The van der Waals surface area contributed by atoms with E-state index >= 15 is 0 Å². The number of nitrogens with zero attached hydrogens (tertiary/aromatic N) is 1. The van der Waals surface area contributed by atoms with Crippen LogP contribution in [0.5, 0.6) is 0 Å². The first-order valence-electron chi connectivity index (χ1n) is 4.84. The van der Waals surface area contributed by atoms with Crippen LogP contribution in [-0.4, -0.2) is 45.3 Å². The van der Waals surface area contributed by atoms with Gasteiger partial charge in [-0.15, -0.1) is 0 Å². The van der Waals surface area contributed by atoms with Crippen LogP contribution in [0.15, 0.2) is 21.9 Å². The minimum atomic E-state index is -1.46. The Bertz CT molecular complexity index is 457. The number of aromatic nitrogens is 2. The third-order valence-electron chi connectivity index (χ3n) is 2.09. The highest BCUT2D eigenvalue weighted by atomic mass is 19.1. The van der Waals surface area contributed by atoms with E-state index in [1.807, 2.05) is 4.98 Å². The van der Waals surface area contributed by atoms with Gasteiger partial charge in [-0.2, -0.15) is 0 Å². The maximum Gasteiger partial charge on any atom is 0.330 e. The molecule has 8 heteroatoms. The number of hydrogen-bond acceptors (Lipinski definition) is 5. The maximum atomic E-state index is 12.1. The first kappa shape index (κ1) is 13.6. The van der Waals surface area contributed by atoms with Crippen LogP contribution in [0.3, 0.4) is 0 Å². The van der Waals surface area contributed by atoms with Crippen molar-refractivity contribution in [2.75, 3.05) is 13.3 Å². The summed E-state index contributed by atoms with van der Waals surface area (Å²) in [5.41, 5.74) is -1.24. The summed E-state index contributed by atoms with van der Waals surface area (Å²) >= 11 is 0. The van der Waals surface area contributed by atoms with Crippen LogP contribution in [0.1, 0.15) is 0 Å². The van der Waals surface area contributed by atoms with E-state index in [1.165, 1.54) is 6.20 Å². The Morgan fingerprint density at radius 1 is 1.53 bits per heavy atom. The molecule has 3 N–H and O–H groups in total. The second-order valence-corrected chi connectivity index (χ2v) is 3.32. The molecule has 0 unspecified atom stereocenters. The molecule has 1 aromatic heterocycles. The van der Waals surface area contributed by atoms with E-state index in [-0.39, 0.29) is 6.73 Å². The van der Waals surface area contributed by atoms with Crippen LogP contribution in [-0.2, 0) is 11.5 Å². The molecule has 1 aromatic rings. The zero-order valence-corrected chi connectivity index (χ0v) is 8.88. The molecule has 0 saturated carbocycles. The smallest absolute Gasteiger partial charge is 0.330 e. The molecule has 7 nitrogen and oxygen atoms in total. The second-order valence-electron chi connectivity index (χ2n) is 3.32. The molecule has 0 fully saturated rings. The predicted molar refractivity (Wildman–Crippen MR) is 55.3 cm³/mol. The van der Waals surface area contributed by atoms with Crippen molar-refractivity contribution >= 4 is 0 Å². The number of aliphatic hydroxyl groups is 2. The summed E-state index contributed by atoms with van der Waals surface area (Å²) in [5.74, 6) is 0. The summed E-state index contributed by atoms with van der Waals surface area (Å²) in [7, 11) is 0. The molecule has 0 aromatic carbocycles. The fourth-order valence-electron chi connectivity index (χ4n) is 1.11. The number of H-pyrrole nitrogens is 1. The van der Waals surface area contributed by atoms with Crippen molar-refractivity contribution in [3.05, 3.63) is 33.1 Å². The molecular formula is C9H13FN2O5. The highest BCUT2D eigenvalue weighted by Crippen LogP contribution is 2.00. The van der Waals surface area contributed by atoms with Crippen LogP contribution in [0, 0.1) is 0 Å². The molecule has 0 aliphatic carbocycles. The van der Waals surface area contributed by atoms with E-state index in [0.29, 0.717) is 0 Å². The first-order chi connectivity index (χ1) is 8.08. The Morgan fingerprint density at radius 3 is 2.76 bits per heavy atom. The van der Waals surface area contributed by atoms with Gasteiger partial charge in [0.25, 0.3) is 5.56 Å². The Morgan fingerprint density at radius 2 is 2.24 bits per heavy atom. The van der Waals surface area contributed by atoms with Gasteiger partial charge < -0.3 is 14.9 Å². The third kappa shape index (κ3) is 3.77. The summed E-state index contributed by atoms with van der Waals surface area (Å²) in [6.45, 7) is -1.95. The molecule has 0 radical (unpaired) electrons. The molecule has 0 spiro atoms. The van der Waals surface area contributed by atoms with Gasteiger partial charge in [0.15, 0.2) is 0 Å². The van der Waals surface area contributed by atoms with E-state index in [0.717, 1.165) is 10.6 Å². The SMILES string of the molecule is O=c1ccn(CO[C@H](CO)[C@@H](O)CF)c(=O)[nH]1. The number of hydrogen-bond donors (Lipinski definition) is 3. The highest BCUT2D eigenvalue weighted by molar-refractivity contribution is 4.81. The Hall–Kier alpha value is -1.51. The predicted octanol–water partition coefficient (Wildman–Crippen LogP) is -1.80. The number of aliphatic hydroxyl groups excluding tert-OH is 2. The van der Waals surface area contributed by atoms with Gasteiger partial charge >= 0.3 is 5.69 Å². The summed E-state index contributed by atoms with van der Waals surface area (Å²) in [4.78, 5) is 24.0. The number of alkyl halides is 1. The Balaban J connectivity index is 2.66. The maximum absolute atomic E-state index is 12.1. The van der Waals surface area contributed by atoms with Gasteiger partial charge in [-0.1, -0.05) is 0 Å². The van der Waals surface area contributed by atoms with Crippen LogP contribution in [0.2, 0.25) is 0 Å². The molecule has 0 aliphatic rings. The molecule has 0 saturated heterocycles. The summed E-state index contributed by atoms with van der Waals surface area (Å²) in [5, 5.41) is 17.9. The van der Waals surface area contributed by atoms with Crippen LogP contribution < -0.4 is 11.2 Å². The van der Waals surface area contributed by atoms with Crippen molar-refractivity contribution in [3.63, 3.8) is 0 Å². The standard InChI is InChI=1S/C9H13FN2O5/c10-3-6(14)7(4-13)17-5-12-2-1-8(15)11-9(12)16/h1-2,6-7,13-14H,3-5H2,(H,11,15,16)/t6-,7+/m0/s1. The lowest BCUT2D eigenvalue weighted by molar-refractivity contribution is -0.0936. The largest absolute Gasteiger partial charge is 0.394 e. The van der Waals surface area contributed by atoms with Gasteiger partial charge in [-0.3, -0.25) is 14.3 Å². The monoisotopic (exact) mass is 248 g/mol. The summed E-state index contributed by atoms with van der Waals surface area (Å²) in [6.07, 6.45) is -1.39. The Labute approximate surface area is 95.1 Å². The van der Waals surface area contributed by atoms with Gasteiger partial charge in [0, 0.05) is 12.3 Å². The van der Waals surface area contributed by atoms with Crippen molar-refractivity contribution in [1.29, 1.82) is 0 Å². The molecule has 96 valence electrons. The molecule has 17 heavy (non-hydrogen) atoms. The van der Waals surface area contributed by atoms with Crippen molar-refractivity contribution in [2.24, 2.45) is 0 Å². The average molecular weight is 248 g/mol. The lowest BCUT2D eigenvalue weighted by Crippen LogP contribution is -2.37. The number of rotatable bonds is 6. The zero-order chi connectivity index (χ0) is 12.8. The van der Waals surface area contributed by atoms with E-state index in [4.69, 9.17) is 14.9 Å². The lowest BCUT2D eigenvalue weighted by Gasteiger charge is -2.19. The van der Waals surface area contributed by atoms with E-state index in [2.05, 4.69) is 0 Å². The minimum Gasteiger partial charge on any atom is -0.394 e. The summed E-state index contributed by atoms with van der Waals surface area (Å²) < 4.78 is 18.1. The molecule has 1 heterocycles. The fraction of sp³-hybridized carbons (Fsp3) is 0.556. The molecule has 0 bridgehead atoms. The Kier molecular flexibility index (Phi) is 5.01. The second kappa shape index (κ2) is 6.28. The molecular weight excluding hydrogens is 235 g/mol. The van der Waals surface area contributed by atoms with E-state index in [9.17, 15) is 14.0 Å². The van der Waals surface area contributed by atoms with Gasteiger partial charge in [0.2, 0.25) is 0 Å². The molecule has 1 rings (SSSR count). The average Bonchev–Trinajstić information content (AvgIpc) is 2.31. The van der Waals surface area contributed by atoms with Crippen LogP contribution >= 0.6 is 0 Å². The lowest BCUT2D eigenvalue weighted by atomic mass is 10.2. The molecule has 0 aliphatic heterocycles. The minimum absolute atomic E-state index is 0.308. The van der Waals surface area contributed by atoms with Crippen molar-refractivity contribution in [1.82, 2.24) is 9.55 Å². The van der Waals surface area contributed by atoms with Gasteiger partial charge in [-0.05, 0) is 0 Å². The molecule has 2 atom stereocenters. The first-order valence-corrected chi connectivity index (χ1v) is 4.84. The van der Waals surface area contributed by atoms with Crippen LogP contribution in [0.25, 0.3) is 0 Å². The van der Waals surface area contributed by atoms with Crippen molar-refractivity contribution in [3.8, 4) is 0 Å². The van der Waals surface area contributed by atoms with E-state index in [1.54, 1.807) is 0 Å². The number of aromatic amines is 1. The number of halogens is 1. The van der Waals surface area contributed by atoms with E-state index < -0.39 is 36.7 Å². The molecule has 0 amide bonds. The number of nitrogens with one attached hydrogen (secondary N) is 1. The number of ether oxygens (including phenoxy) is 1.